The third kappa shape index (κ3) is 7.46. The molecule has 14 nitrogen and oxygen atoms in total. The van der Waals surface area contributed by atoms with Crippen molar-refractivity contribution in [3.8, 4) is 0 Å². The monoisotopic (exact) mass is 719 g/mol. The number of halogens is 2. The summed E-state index contributed by atoms with van der Waals surface area (Å²) in [6.45, 7) is 3.74. The molecule has 17 heteroatoms. The first-order valence-corrected chi connectivity index (χ1v) is 18.1. The van der Waals surface area contributed by atoms with Gasteiger partial charge in [-0.15, -0.1) is 6.58 Å². The van der Waals surface area contributed by atoms with Crippen LogP contribution >= 0.6 is 0 Å². The zero-order valence-corrected chi connectivity index (χ0v) is 28.0. The number of carbonyl (C=O) groups is 5. The van der Waals surface area contributed by atoms with Crippen LogP contribution in [0.5, 0.6) is 0 Å². The van der Waals surface area contributed by atoms with Gasteiger partial charge in [-0.2, -0.15) is 0 Å². The van der Waals surface area contributed by atoms with Crippen LogP contribution in [-0.4, -0.2) is 96.7 Å². The lowest BCUT2D eigenvalue weighted by molar-refractivity contribution is -0.141. The van der Waals surface area contributed by atoms with E-state index in [0.29, 0.717) is 25.7 Å². The zero-order valence-electron chi connectivity index (χ0n) is 27.1. The lowest BCUT2D eigenvalue weighted by atomic mass is 10.0. The van der Waals surface area contributed by atoms with Gasteiger partial charge in [-0.1, -0.05) is 36.4 Å². The summed E-state index contributed by atoms with van der Waals surface area (Å²) in [6, 6.07) is 2.44. The van der Waals surface area contributed by atoms with Gasteiger partial charge in [-0.3, -0.25) is 24.0 Å². The Balaban J connectivity index is 1.26. The molecule has 0 unspecified atom stereocenters. The summed E-state index contributed by atoms with van der Waals surface area (Å²) in [5.41, 5.74) is 1.06. The van der Waals surface area contributed by atoms with Crippen LogP contribution in [0.25, 0.3) is 6.08 Å². The van der Waals surface area contributed by atoms with Crippen LogP contribution in [0.4, 0.5) is 18.4 Å². The smallest absolute Gasteiger partial charge is 0.410 e. The number of alkyl carbamates (subject to hydrolysis) is 1. The van der Waals surface area contributed by atoms with Gasteiger partial charge in [-0.05, 0) is 48.8 Å². The lowest BCUT2D eigenvalue weighted by Gasteiger charge is -2.29. The maximum absolute atomic E-state index is 13.9. The first kappa shape index (κ1) is 35.3. The Morgan fingerprint density at radius 3 is 2.66 bits per heavy atom. The standard InChI is InChI=1S/C33H39F2N5O9S/c1-2-21-15-33(21,30(43)38-50(46,47)23-10-11-23)37-28(41)26-13-22-17-40(26)29(42)25(14-27(34)35)36-31(44)48-12-5-3-4-7-19-8-6-9-20-16-39(18-24(19)20)32(45)49-22/h2,4,6-9,21-23,25-27H,1,3,5,10-18H2,(H,36,44)(H,37,41)(H,38,43)/b7-4+/t21-,22-,25+,26+,33+/m1/s1. The van der Waals surface area contributed by atoms with Gasteiger partial charge in [0.2, 0.25) is 28.3 Å². The molecule has 4 bridgehead atoms. The molecule has 3 heterocycles. The van der Waals surface area contributed by atoms with E-state index in [9.17, 15) is 41.2 Å². The number of benzene rings is 1. The second kappa shape index (κ2) is 14.0. The maximum atomic E-state index is 13.9. The number of allylic oxidation sites excluding steroid dienone is 1. The van der Waals surface area contributed by atoms with Crippen LogP contribution in [0.3, 0.4) is 0 Å². The van der Waals surface area contributed by atoms with Crippen molar-refractivity contribution in [1.82, 2.24) is 25.2 Å². The number of carbonyl (C=O) groups excluding carboxylic acids is 5. The zero-order chi connectivity index (χ0) is 35.8. The highest BCUT2D eigenvalue weighted by Gasteiger charge is 2.62. The predicted molar refractivity (Wildman–Crippen MR) is 172 cm³/mol. The average Bonchev–Trinajstić information content (AvgIpc) is 3.95. The molecule has 50 heavy (non-hydrogen) atoms. The molecular weight excluding hydrogens is 680 g/mol. The Morgan fingerprint density at radius 1 is 1.18 bits per heavy atom. The molecule has 5 amide bonds. The average molecular weight is 720 g/mol. The van der Waals surface area contributed by atoms with Crippen molar-refractivity contribution < 1.29 is 50.6 Å². The molecule has 0 aromatic heterocycles. The van der Waals surface area contributed by atoms with Crippen molar-refractivity contribution in [2.45, 2.75) is 93.4 Å². The van der Waals surface area contributed by atoms with Gasteiger partial charge in [0.25, 0.3) is 5.91 Å². The summed E-state index contributed by atoms with van der Waals surface area (Å²) in [7, 11) is -3.97. The number of fused-ring (bicyclic) bond motifs is 3. The highest BCUT2D eigenvalue weighted by molar-refractivity contribution is 7.91. The number of alkyl halides is 2. The molecule has 3 N–H and O–H groups in total. The van der Waals surface area contributed by atoms with Crippen molar-refractivity contribution in [3.05, 3.63) is 53.6 Å². The SMILES string of the molecule is C=C[C@@H]1C[C@@]1(NC(=O)[C@@H]1C[C@@H]2CN1C(=O)[C@H](CC(F)F)NC(=O)OCCC/C=C/c1cccc3c1CN(C3)C(=O)O2)C(=O)NS(=O)(=O)C1CC1. The molecular formula is C33H39F2N5O9S. The van der Waals surface area contributed by atoms with E-state index in [4.69, 9.17) is 9.47 Å². The highest BCUT2D eigenvalue weighted by atomic mass is 32.2. The molecule has 2 aliphatic carbocycles. The third-order valence-corrected chi connectivity index (χ3v) is 11.5. The maximum Gasteiger partial charge on any atom is 0.410 e. The fourth-order valence-corrected chi connectivity index (χ4v) is 8.07. The minimum Gasteiger partial charge on any atom is -0.450 e. The Hall–Kier alpha value is -4.54. The predicted octanol–water partition coefficient (Wildman–Crippen LogP) is 2.33. The number of cyclic esters (lactones) is 1. The van der Waals surface area contributed by atoms with E-state index in [1.54, 1.807) is 0 Å². The van der Waals surface area contributed by atoms with Crippen molar-refractivity contribution in [3.63, 3.8) is 0 Å². The molecule has 3 aliphatic heterocycles. The quantitative estimate of drug-likeness (QED) is 0.340. The summed E-state index contributed by atoms with van der Waals surface area (Å²) in [4.78, 5) is 69.5. The molecule has 270 valence electrons. The van der Waals surface area contributed by atoms with Gasteiger partial charge in [0.1, 0.15) is 23.7 Å². The van der Waals surface area contributed by atoms with E-state index in [0.717, 1.165) is 21.6 Å². The van der Waals surface area contributed by atoms with Crippen LogP contribution < -0.4 is 15.4 Å². The molecule has 0 spiro atoms. The van der Waals surface area contributed by atoms with Gasteiger partial charge in [0.05, 0.1) is 24.9 Å². The summed E-state index contributed by atoms with van der Waals surface area (Å²) in [5.74, 6) is -3.54. The Bertz CT molecular complexity index is 1720. The Morgan fingerprint density at radius 2 is 1.96 bits per heavy atom. The molecule has 1 saturated heterocycles. The van der Waals surface area contributed by atoms with Crippen LogP contribution in [0, 0.1) is 5.92 Å². The topological polar surface area (TPSA) is 181 Å². The number of sulfonamides is 1. The van der Waals surface area contributed by atoms with Crippen LogP contribution in [0.15, 0.2) is 36.9 Å². The fraction of sp³-hybridized carbons (Fsp3) is 0.545. The lowest BCUT2D eigenvalue weighted by Crippen LogP contribution is -2.58. The fourth-order valence-electron chi connectivity index (χ4n) is 6.70. The number of nitrogens with zero attached hydrogens (tertiary/aromatic N) is 2. The number of rotatable bonds is 8. The van der Waals surface area contributed by atoms with Gasteiger partial charge in [-0.25, -0.2) is 26.8 Å². The van der Waals surface area contributed by atoms with Crippen LogP contribution in [0.1, 0.15) is 61.6 Å². The molecule has 1 aromatic rings. The van der Waals surface area contributed by atoms with Crippen molar-refractivity contribution in [1.29, 1.82) is 0 Å². The minimum atomic E-state index is -3.97. The molecule has 2 saturated carbocycles. The van der Waals surface area contributed by atoms with E-state index in [1.165, 1.54) is 11.0 Å². The molecule has 0 radical (unpaired) electrons. The molecule has 5 atom stereocenters. The minimum absolute atomic E-state index is 0.0292. The summed E-state index contributed by atoms with van der Waals surface area (Å²) >= 11 is 0. The molecule has 3 fully saturated rings. The van der Waals surface area contributed by atoms with Crippen LogP contribution in [-0.2, 0) is 47.0 Å². The number of hydrogen-bond acceptors (Lipinski definition) is 9. The van der Waals surface area contributed by atoms with Crippen molar-refractivity contribution in [2.24, 2.45) is 5.92 Å². The summed E-state index contributed by atoms with van der Waals surface area (Å²) in [5, 5.41) is 4.06. The summed E-state index contributed by atoms with van der Waals surface area (Å²) in [6.07, 6.45) is -0.321. The van der Waals surface area contributed by atoms with E-state index >= 15 is 0 Å². The van der Waals surface area contributed by atoms with E-state index in [1.807, 2.05) is 35.1 Å². The van der Waals surface area contributed by atoms with E-state index in [2.05, 4.69) is 17.2 Å². The Labute approximate surface area is 287 Å². The van der Waals surface area contributed by atoms with E-state index < -0.39 is 87.7 Å². The molecule has 5 aliphatic rings. The number of amides is 5. The van der Waals surface area contributed by atoms with Crippen LogP contribution in [0.2, 0.25) is 0 Å². The number of ether oxygens (including phenoxy) is 2. The second-order valence-corrected chi connectivity index (χ2v) is 15.2. The molecule has 6 rings (SSSR count). The van der Waals surface area contributed by atoms with E-state index in [-0.39, 0.29) is 39.1 Å². The largest absolute Gasteiger partial charge is 0.450 e. The van der Waals surface area contributed by atoms with Gasteiger partial charge in [0.15, 0.2) is 0 Å². The summed E-state index contributed by atoms with van der Waals surface area (Å²) < 4.78 is 65.5. The first-order chi connectivity index (χ1) is 23.8. The van der Waals surface area contributed by atoms with Gasteiger partial charge < -0.3 is 25.0 Å². The second-order valence-electron chi connectivity index (χ2n) is 13.3. The van der Waals surface area contributed by atoms with Crippen molar-refractivity contribution in [2.75, 3.05) is 13.2 Å². The Kier molecular flexibility index (Phi) is 9.88. The van der Waals surface area contributed by atoms with Gasteiger partial charge in [0, 0.05) is 25.3 Å². The molecule has 1 aromatic carbocycles. The third-order valence-electron chi connectivity index (χ3n) is 9.69. The normalized spacial score (nSPS) is 29.1. The highest BCUT2D eigenvalue weighted by Crippen LogP contribution is 2.45. The van der Waals surface area contributed by atoms with Gasteiger partial charge >= 0.3 is 12.2 Å². The number of nitrogens with one attached hydrogen (secondary N) is 3. The number of hydrogen-bond donors (Lipinski definition) is 3. The first-order valence-electron chi connectivity index (χ1n) is 16.6. The van der Waals surface area contributed by atoms with Crippen molar-refractivity contribution >= 4 is 46.0 Å².